The molecule has 2 aliphatic rings. The number of nitrogens with zero attached hydrogens (tertiary/aromatic N) is 1. The van der Waals surface area contributed by atoms with Gasteiger partial charge in [0.05, 0.1) is 25.5 Å². The van der Waals surface area contributed by atoms with Crippen molar-refractivity contribution < 1.29 is 17.9 Å². The first kappa shape index (κ1) is 13.5. The number of hydrogen-bond donors (Lipinski definition) is 0. The summed E-state index contributed by atoms with van der Waals surface area (Å²) < 4.78 is 36.7. The molecule has 2 saturated heterocycles. The Kier molecular flexibility index (Phi) is 4.31. The largest absolute Gasteiger partial charge is 0.346 e. The van der Waals surface area contributed by atoms with E-state index in [9.17, 15) is 8.42 Å². The molecule has 0 saturated carbocycles. The van der Waals surface area contributed by atoms with E-state index in [-0.39, 0.29) is 5.75 Å². The Balaban J connectivity index is 2.01. The first-order valence-corrected chi connectivity index (χ1v) is 8.04. The maximum atomic E-state index is 12.0. The summed E-state index contributed by atoms with van der Waals surface area (Å²) in [5.74, 6) is -0.218. The third kappa shape index (κ3) is 3.12. The van der Waals surface area contributed by atoms with Gasteiger partial charge in [0.2, 0.25) is 10.0 Å². The number of piperidine rings is 1. The van der Waals surface area contributed by atoms with Crippen molar-refractivity contribution in [3.8, 4) is 0 Å². The molecule has 2 rings (SSSR count). The summed E-state index contributed by atoms with van der Waals surface area (Å²) in [5, 5.41) is 0. The lowest BCUT2D eigenvalue weighted by atomic mass is 10.1. The molecular formula is C10H18ClNO4S. The molecule has 2 aliphatic heterocycles. The maximum absolute atomic E-state index is 12.0. The van der Waals surface area contributed by atoms with Gasteiger partial charge in [0.25, 0.3) is 0 Å². The van der Waals surface area contributed by atoms with Crippen molar-refractivity contribution in [1.82, 2.24) is 4.31 Å². The molecular weight excluding hydrogens is 266 g/mol. The van der Waals surface area contributed by atoms with Crippen LogP contribution in [0.1, 0.15) is 19.3 Å². The van der Waals surface area contributed by atoms with E-state index in [1.165, 1.54) is 4.31 Å². The maximum Gasteiger partial charge on any atom is 0.214 e. The summed E-state index contributed by atoms with van der Waals surface area (Å²) in [7, 11) is -3.22. The van der Waals surface area contributed by atoms with Gasteiger partial charge >= 0.3 is 0 Å². The Hall–Kier alpha value is 0.120. The standard InChI is InChI=1S/C10H18ClNO4S/c11-4-2-8-17(13,14)12-5-1-3-10(9-12)15-6-7-16-10/h1-9H2. The fourth-order valence-corrected chi connectivity index (χ4v) is 4.15. The van der Waals surface area contributed by atoms with Gasteiger partial charge < -0.3 is 9.47 Å². The first-order chi connectivity index (χ1) is 8.08. The molecule has 0 aromatic heterocycles. The fourth-order valence-electron chi connectivity index (χ4n) is 2.29. The molecule has 5 nitrogen and oxygen atoms in total. The average molecular weight is 284 g/mol. The highest BCUT2D eigenvalue weighted by molar-refractivity contribution is 7.89. The van der Waals surface area contributed by atoms with Gasteiger partial charge in [0.1, 0.15) is 0 Å². The Morgan fingerprint density at radius 2 is 2.00 bits per heavy atom. The molecule has 2 heterocycles. The minimum absolute atomic E-state index is 0.104. The Morgan fingerprint density at radius 3 is 2.65 bits per heavy atom. The minimum Gasteiger partial charge on any atom is -0.346 e. The molecule has 7 heteroatoms. The molecule has 17 heavy (non-hydrogen) atoms. The monoisotopic (exact) mass is 283 g/mol. The highest BCUT2D eigenvalue weighted by atomic mass is 35.5. The van der Waals surface area contributed by atoms with Crippen LogP contribution in [0.25, 0.3) is 0 Å². The second-order valence-electron chi connectivity index (χ2n) is 4.40. The predicted molar refractivity (Wildman–Crippen MR) is 64.6 cm³/mol. The Morgan fingerprint density at radius 1 is 1.29 bits per heavy atom. The number of sulfonamides is 1. The lowest BCUT2D eigenvalue weighted by molar-refractivity contribution is -0.179. The number of alkyl halides is 1. The smallest absolute Gasteiger partial charge is 0.214 e. The number of ether oxygens (including phenoxy) is 2. The van der Waals surface area contributed by atoms with Crippen molar-refractivity contribution in [1.29, 1.82) is 0 Å². The zero-order chi connectivity index (χ0) is 12.4. The number of hydrogen-bond acceptors (Lipinski definition) is 4. The molecule has 0 aromatic carbocycles. The predicted octanol–water partition coefficient (Wildman–Crippen LogP) is 0.784. The van der Waals surface area contributed by atoms with Crippen LogP contribution in [0.15, 0.2) is 0 Å². The SMILES string of the molecule is O=S(=O)(CCCCl)N1CCCC2(C1)OCCO2. The molecule has 0 bridgehead atoms. The molecule has 0 unspecified atom stereocenters. The highest BCUT2D eigenvalue weighted by Gasteiger charge is 2.43. The Labute approximate surface area is 107 Å². The number of halogens is 1. The second kappa shape index (κ2) is 5.40. The van der Waals surface area contributed by atoms with Crippen LogP contribution in [-0.2, 0) is 19.5 Å². The van der Waals surface area contributed by atoms with Crippen LogP contribution in [0.4, 0.5) is 0 Å². The highest BCUT2D eigenvalue weighted by Crippen LogP contribution is 2.31. The summed E-state index contributed by atoms with van der Waals surface area (Å²) in [6.07, 6.45) is 2.03. The van der Waals surface area contributed by atoms with Crippen LogP contribution in [0.2, 0.25) is 0 Å². The molecule has 0 atom stereocenters. The summed E-state index contributed by atoms with van der Waals surface area (Å²) in [6, 6.07) is 0. The average Bonchev–Trinajstić information content (AvgIpc) is 2.75. The Bertz CT molecular complexity index is 353. The summed E-state index contributed by atoms with van der Waals surface area (Å²) in [6.45, 7) is 1.97. The molecule has 0 radical (unpaired) electrons. The molecule has 0 aliphatic carbocycles. The van der Waals surface area contributed by atoms with Crippen LogP contribution in [0.5, 0.6) is 0 Å². The van der Waals surface area contributed by atoms with E-state index in [1.807, 2.05) is 0 Å². The van der Waals surface area contributed by atoms with Crippen LogP contribution >= 0.6 is 11.6 Å². The molecule has 1 spiro atoms. The van der Waals surface area contributed by atoms with Gasteiger partial charge in [-0.1, -0.05) is 0 Å². The van der Waals surface area contributed by atoms with Crippen molar-refractivity contribution in [2.24, 2.45) is 0 Å². The van der Waals surface area contributed by atoms with E-state index in [4.69, 9.17) is 21.1 Å². The zero-order valence-corrected chi connectivity index (χ0v) is 11.3. The van der Waals surface area contributed by atoms with Gasteiger partial charge in [-0.05, 0) is 12.8 Å². The number of rotatable bonds is 4. The van der Waals surface area contributed by atoms with Gasteiger partial charge in [-0.2, -0.15) is 4.31 Å². The molecule has 100 valence electrons. The first-order valence-electron chi connectivity index (χ1n) is 5.90. The van der Waals surface area contributed by atoms with Crippen LogP contribution in [-0.4, -0.2) is 56.4 Å². The molecule has 0 N–H and O–H groups in total. The van der Waals surface area contributed by atoms with Crippen molar-refractivity contribution in [2.45, 2.75) is 25.0 Å². The molecule has 0 amide bonds. The summed E-state index contributed by atoms with van der Waals surface area (Å²) >= 11 is 5.53. The topological polar surface area (TPSA) is 55.8 Å². The quantitative estimate of drug-likeness (QED) is 0.716. The zero-order valence-electron chi connectivity index (χ0n) is 9.73. The minimum atomic E-state index is -3.22. The van der Waals surface area contributed by atoms with Gasteiger partial charge in [-0.25, -0.2) is 8.42 Å². The van der Waals surface area contributed by atoms with Crippen LogP contribution in [0, 0.1) is 0 Å². The van der Waals surface area contributed by atoms with Crippen molar-refractivity contribution >= 4 is 21.6 Å². The van der Waals surface area contributed by atoms with Crippen molar-refractivity contribution in [3.05, 3.63) is 0 Å². The van der Waals surface area contributed by atoms with E-state index in [1.54, 1.807) is 0 Å². The van der Waals surface area contributed by atoms with E-state index >= 15 is 0 Å². The van der Waals surface area contributed by atoms with E-state index in [0.29, 0.717) is 38.6 Å². The summed E-state index contributed by atoms with van der Waals surface area (Å²) in [4.78, 5) is 0. The van der Waals surface area contributed by atoms with Crippen molar-refractivity contribution in [3.63, 3.8) is 0 Å². The van der Waals surface area contributed by atoms with Gasteiger partial charge in [0, 0.05) is 18.8 Å². The summed E-state index contributed by atoms with van der Waals surface area (Å²) in [5.41, 5.74) is 0. The van der Waals surface area contributed by atoms with E-state index < -0.39 is 15.8 Å². The molecule has 2 fully saturated rings. The normalized spacial score (nSPS) is 25.5. The van der Waals surface area contributed by atoms with Gasteiger partial charge in [0.15, 0.2) is 5.79 Å². The lowest BCUT2D eigenvalue weighted by Gasteiger charge is -2.37. The third-order valence-electron chi connectivity index (χ3n) is 3.13. The van der Waals surface area contributed by atoms with Gasteiger partial charge in [-0.15, -0.1) is 11.6 Å². The van der Waals surface area contributed by atoms with E-state index in [2.05, 4.69) is 0 Å². The van der Waals surface area contributed by atoms with Crippen LogP contribution < -0.4 is 0 Å². The van der Waals surface area contributed by atoms with Crippen LogP contribution in [0.3, 0.4) is 0 Å². The van der Waals surface area contributed by atoms with E-state index in [0.717, 1.165) is 12.8 Å². The third-order valence-corrected chi connectivity index (χ3v) is 5.30. The fraction of sp³-hybridized carbons (Fsp3) is 1.00. The molecule has 0 aromatic rings. The second-order valence-corrected chi connectivity index (χ2v) is 6.87. The van der Waals surface area contributed by atoms with Crippen molar-refractivity contribution in [2.75, 3.05) is 37.9 Å². The lowest BCUT2D eigenvalue weighted by Crippen LogP contribution is -2.51. The van der Waals surface area contributed by atoms with Gasteiger partial charge in [-0.3, -0.25) is 0 Å².